The third-order valence-electron chi connectivity index (χ3n) is 4.49. The largest absolute Gasteiger partial charge is 0.394 e. The highest BCUT2D eigenvalue weighted by Gasteiger charge is 2.36. The molecule has 0 aliphatic carbocycles. The Hall–Kier alpha value is -3.01. The van der Waals surface area contributed by atoms with Crippen LogP contribution in [0.15, 0.2) is 35.1 Å². The fourth-order valence-corrected chi connectivity index (χ4v) is 3.19. The summed E-state index contributed by atoms with van der Waals surface area (Å²) in [6.45, 7) is -0.310. The highest BCUT2D eigenvalue weighted by atomic mass is 16.5. The molecule has 3 aromatic rings. The number of H-pyrrole nitrogens is 1. The number of aromatic nitrogens is 4. The molecule has 140 valence electrons. The van der Waals surface area contributed by atoms with Crippen molar-refractivity contribution in [3.63, 3.8) is 0 Å². The van der Waals surface area contributed by atoms with Gasteiger partial charge in [0, 0.05) is 6.42 Å². The number of aliphatic hydroxyl groups excluding tert-OH is 2. The van der Waals surface area contributed by atoms with Crippen LogP contribution in [0, 0.1) is 0 Å². The molecule has 1 aromatic carbocycles. The summed E-state index contributed by atoms with van der Waals surface area (Å²) in [5.74, 6) is 0.401. The lowest BCUT2D eigenvalue weighted by atomic mass is 10.2. The normalized spacial score (nSPS) is 22.8. The van der Waals surface area contributed by atoms with Crippen molar-refractivity contribution in [2.45, 2.75) is 24.9 Å². The first-order valence-corrected chi connectivity index (χ1v) is 8.52. The maximum absolute atomic E-state index is 12.2. The van der Waals surface area contributed by atoms with Gasteiger partial charge in [-0.05, 0) is 11.6 Å². The number of nitrogens with zero attached hydrogens (tertiary/aromatic N) is 3. The minimum Gasteiger partial charge on any atom is -0.394 e. The van der Waals surface area contributed by atoms with Crippen LogP contribution in [0.1, 0.15) is 24.0 Å². The average molecular weight is 369 g/mol. The van der Waals surface area contributed by atoms with Crippen LogP contribution in [-0.2, 0) is 4.74 Å². The fourth-order valence-electron chi connectivity index (χ4n) is 3.19. The average Bonchev–Trinajstić information content (AvgIpc) is 3.20. The molecule has 0 saturated carbocycles. The minimum absolute atomic E-state index is 0.0375. The van der Waals surface area contributed by atoms with Gasteiger partial charge >= 0.3 is 0 Å². The van der Waals surface area contributed by atoms with Crippen molar-refractivity contribution < 1.29 is 14.9 Å². The van der Waals surface area contributed by atoms with Gasteiger partial charge < -0.3 is 20.7 Å². The van der Waals surface area contributed by atoms with Gasteiger partial charge in [-0.1, -0.05) is 36.4 Å². The van der Waals surface area contributed by atoms with Crippen molar-refractivity contribution in [1.82, 2.24) is 19.5 Å². The highest BCUT2D eigenvalue weighted by molar-refractivity contribution is 5.77. The van der Waals surface area contributed by atoms with E-state index in [4.69, 9.17) is 10.5 Å². The maximum Gasteiger partial charge on any atom is 0.280 e. The fraction of sp³-hybridized carbons (Fsp3) is 0.278. The van der Waals surface area contributed by atoms with Gasteiger partial charge in [0.1, 0.15) is 18.2 Å². The number of ether oxygens (including phenoxy) is 1. The molecule has 1 aliphatic heterocycles. The second-order valence-electron chi connectivity index (χ2n) is 6.32. The van der Waals surface area contributed by atoms with Crippen molar-refractivity contribution in [1.29, 1.82) is 0 Å². The van der Waals surface area contributed by atoms with E-state index in [0.717, 1.165) is 5.56 Å². The number of anilines is 1. The first-order valence-electron chi connectivity index (χ1n) is 8.52. The zero-order valence-corrected chi connectivity index (χ0v) is 14.3. The first-order chi connectivity index (χ1) is 13.1. The van der Waals surface area contributed by atoms with Gasteiger partial charge in [-0.15, -0.1) is 0 Å². The Morgan fingerprint density at radius 2 is 2.07 bits per heavy atom. The van der Waals surface area contributed by atoms with Crippen molar-refractivity contribution in [3.05, 3.63) is 52.1 Å². The summed E-state index contributed by atoms with van der Waals surface area (Å²) in [6, 6.07) is 9.62. The summed E-state index contributed by atoms with van der Waals surface area (Å²) < 4.78 is 7.37. The molecule has 27 heavy (non-hydrogen) atoms. The third kappa shape index (κ3) is 3.23. The van der Waals surface area contributed by atoms with Crippen molar-refractivity contribution in [2.24, 2.45) is 0 Å². The van der Waals surface area contributed by atoms with Crippen molar-refractivity contribution in [2.75, 3.05) is 12.3 Å². The van der Waals surface area contributed by atoms with E-state index in [1.54, 1.807) is 10.6 Å². The number of nitrogens with one attached hydrogen (secondary N) is 1. The number of nitrogen functional groups attached to an aromatic ring is 1. The second-order valence-corrected chi connectivity index (χ2v) is 6.32. The number of aromatic amines is 1. The summed E-state index contributed by atoms with van der Waals surface area (Å²) in [7, 11) is 0. The monoisotopic (exact) mass is 369 g/mol. The summed E-state index contributed by atoms with van der Waals surface area (Å²) >= 11 is 0. The Labute approximate surface area is 153 Å². The van der Waals surface area contributed by atoms with E-state index in [-0.39, 0.29) is 30.1 Å². The molecular weight excluding hydrogens is 350 g/mol. The van der Waals surface area contributed by atoms with Crippen LogP contribution in [0.2, 0.25) is 0 Å². The summed E-state index contributed by atoms with van der Waals surface area (Å²) in [5.41, 5.74) is 6.58. The van der Waals surface area contributed by atoms with E-state index in [9.17, 15) is 15.0 Å². The number of nitrogens with two attached hydrogens (primary N) is 1. The molecular formula is C18H19N5O4. The number of hydrogen-bond donors (Lipinski definition) is 4. The van der Waals surface area contributed by atoms with Gasteiger partial charge in [0.2, 0.25) is 5.95 Å². The molecule has 0 bridgehead atoms. The topological polar surface area (TPSA) is 139 Å². The molecule has 1 aliphatic rings. The molecule has 9 nitrogen and oxygen atoms in total. The van der Waals surface area contributed by atoms with E-state index in [1.807, 2.05) is 36.4 Å². The molecule has 1 fully saturated rings. The molecule has 0 radical (unpaired) electrons. The Morgan fingerprint density at radius 1 is 1.30 bits per heavy atom. The number of hydrogen-bond acceptors (Lipinski definition) is 7. The van der Waals surface area contributed by atoms with Gasteiger partial charge in [0.25, 0.3) is 5.56 Å². The number of benzene rings is 1. The molecule has 9 heteroatoms. The highest BCUT2D eigenvalue weighted by Crippen LogP contribution is 2.32. The quantitative estimate of drug-likeness (QED) is 0.525. The van der Waals surface area contributed by atoms with Crippen molar-refractivity contribution in [3.8, 4) is 0 Å². The SMILES string of the molecule is Nc1nc2c(nc(/C=C/c3ccccc3)n2[C@H]2C[C@H](O)[C@@H](CO)O2)c(=O)[nH]1. The van der Waals surface area contributed by atoms with E-state index < -0.39 is 24.0 Å². The molecule has 0 unspecified atom stereocenters. The molecule has 4 rings (SSSR count). The van der Waals surface area contributed by atoms with Crippen LogP contribution < -0.4 is 11.3 Å². The maximum atomic E-state index is 12.2. The zero-order chi connectivity index (χ0) is 19.0. The number of aliphatic hydroxyl groups is 2. The Morgan fingerprint density at radius 3 is 2.78 bits per heavy atom. The van der Waals surface area contributed by atoms with E-state index in [1.165, 1.54) is 0 Å². The van der Waals surface area contributed by atoms with Gasteiger partial charge in [0.15, 0.2) is 11.2 Å². The number of imidazole rings is 1. The predicted octanol–water partition coefficient (Wildman–Crippen LogP) is 0.513. The van der Waals surface area contributed by atoms with Crippen LogP contribution in [0.25, 0.3) is 23.3 Å². The van der Waals surface area contributed by atoms with Crippen molar-refractivity contribution >= 4 is 29.3 Å². The van der Waals surface area contributed by atoms with E-state index >= 15 is 0 Å². The number of fused-ring (bicyclic) bond motifs is 1. The predicted molar refractivity (Wildman–Crippen MR) is 99.6 cm³/mol. The second kappa shape index (κ2) is 6.95. The molecule has 5 N–H and O–H groups in total. The smallest absolute Gasteiger partial charge is 0.280 e. The Kier molecular flexibility index (Phi) is 4.48. The molecule has 3 atom stereocenters. The Bertz CT molecular complexity index is 1040. The summed E-state index contributed by atoms with van der Waals surface area (Å²) in [4.78, 5) is 23.2. The first kappa shape index (κ1) is 17.4. The van der Waals surface area contributed by atoms with Crippen LogP contribution in [0.3, 0.4) is 0 Å². The van der Waals surface area contributed by atoms with E-state index in [2.05, 4.69) is 15.0 Å². The lowest BCUT2D eigenvalue weighted by Gasteiger charge is -2.15. The summed E-state index contributed by atoms with van der Waals surface area (Å²) in [5, 5.41) is 19.4. The lowest BCUT2D eigenvalue weighted by molar-refractivity contribution is -0.0433. The van der Waals surface area contributed by atoms with Gasteiger partial charge in [-0.2, -0.15) is 4.98 Å². The molecule has 1 saturated heterocycles. The van der Waals surface area contributed by atoms with Crippen LogP contribution in [-0.4, -0.2) is 48.5 Å². The van der Waals surface area contributed by atoms with Gasteiger partial charge in [-0.3, -0.25) is 14.3 Å². The van der Waals surface area contributed by atoms with Crippen LogP contribution >= 0.6 is 0 Å². The van der Waals surface area contributed by atoms with Gasteiger partial charge in [-0.25, -0.2) is 4.98 Å². The van der Waals surface area contributed by atoms with Crippen LogP contribution in [0.4, 0.5) is 5.95 Å². The standard InChI is InChI=1S/C18H19N5O4/c19-18-21-16-15(17(26)22-18)20-13(7-6-10-4-2-1-3-5-10)23(16)14-8-11(25)12(9-24)27-14/h1-7,11-12,14,24-25H,8-9H2,(H3,19,21,22,26)/b7-6+/t11-,12+,14+/m0/s1. The molecule has 3 heterocycles. The van der Waals surface area contributed by atoms with Crippen LogP contribution in [0.5, 0.6) is 0 Å². The summed E-state index contributed by atoms with van der Waals surface area (Å²) in [6.07, 6.45) is 1.66. The zero-order valence-electron chi connectivity index (χ0n) is 14.3. The third-order valence-corrected chi connectivity index (χ3v) is 4.49. The Balaban J connectivity index is 1.84. The molecule has 2 aromatic heterocycles. The number of rotatable bonds is 4. The lowest BCUT2D eigenvalue weighted by Crippen LogP contribution is -2.24. The molecule has 0 amide bonds. The molecule has 0 spiro atoms. The van der Waals surface area contributed by atoms with E-state index in [0.29, 0.717) is 5.82 Å². The van der Waals surface area contributed by atoms with Gasteiger partial charge in [0.05, 0.1) is 12.7 Å². The minimum atomic E-state index is -0.831.